The molecule has 4 rings (SSSR count). The highest BCUT2D eigenvalue weighted by Gasteiger charge is 2.41. The van der Waals surface area contributed by atoms with Gasteiger partial charge in [0, 0.05) is 18.3 Å². The van der Waals surface area contributed by atoms with Crippen LogP contribution in [0.2, 0.25) is 0 Å². The highest BCUT2D eigenvalue weighted by atomic mass is 19.4. The number of nitrogens with one attached hydrogen (secondary N) is 3. The molecular weight excluding hydrogens is 389 g/mol. The van der Waals surface area contributed by atoms with Crippen molar-refractivity contribution >= 4 is 18.2 Å². The lowest BCUT2D eigenvalue weighted by molar-refractivity contribution is -0.275. The van der Waals surface area contributed by atoms with Crippen LogP contribution in [0.3, 0.4) is 0 Å². The molecule has 1 aromatic carbocycles. The summed E-state index contributed by atoms with van der Waals surface area (Å²) in [4.78, 5) is 22.6. The summed E-state index contributed by atoms with van der Waals surface area (Å²) in [5.74, 6) is 0.533. The van der Waals surface area contributed by atoms with Crippen LogP contribution in [0, 0.1) is 5.92 Å². The van der Waals surface area contributed by atoms with E-state index in [9.17, 15) is 18.0 Å². The van der Waals surface area contributed by atoms with Crippen LogP contribution in [-0.4, -0.2) is 61.3 Å². The van der Waals surface area contributed by atoms with E-state index in [-0.39, 0.29) is 17.9 Å². The molecule has 156 valence electrons. The van der Waals surface area contributed by atoms with Crippen LogP contribution in [0.4, 0.5) is 18.0 Å². The minimum atomic E-state index is -4.81. The predicted octanol–water partition coefficient (Wildman–Crippen LogP) is 1.44. The predicted molar refractivity (Wildman–Crippen MR) is 99.7 cm³/mol. The Bertz CT molecular complexity index is 822. The Labute approximate surface area is 165 Å². The Morgan fingerprint density at radius 3 is 2.86 bits per heavy atom. The number of halogens is 3. The van der Waals surface area contributed by atoms with Gasteiger partial charge in [0.05, 0.1) is 6.54 Å². The number of benzene rings is 1. The second kappa shape index (κ2) is 7.90. The summed E-state index contributed by atoms with van der Waals surface area (Å²) in [7, 11) is 0. The topological polar surface area (TPSA) is 90.3 Å². The fourth-order valence-corrected chi connectivity index (χ4v) is 3.62. The van der Waals surface area contributed by atoms with Crippen LogP contribution >= 0.6 is 0 Å². The quantitative estimate of drug-likeness (QED) is 0.685. The van der Waals surface area contributed by atoms with E-state index in [4.69, 9.17) is 0 Å². The fourth-order valence-electron chi connectivity index (χ4n) is 3.62. The molecule has 3 aliphatic rings. The van der Waals surface area contributed by atoms with E-state index in [2.05, 4.69) is 30.7 Å². The number of hydrogen-bond donors (Lipinski definition) is 3. The molecule has 2 unspecified atom stereocenters. The van der Waals surface area contributed by atoms with Gasteiger partial charge in [-0.05, 0) is 31.5 Å². The number of nitrogens with zero attached hydrogens (tertiary/aromatic N) is 3. The number of alkyl halides is 3. The molecule has 0 saturated carbocycles. The average Bonchev–Trinajstić information content (AvgIpc) is 3.28. The summed E-state index contributed by atoms with van der Waals surface area (Å²) in [6.45, 7) is 2.45. The van der Waals surface area contributed by atoms with Gasteiger partial charge in [0.1, 0.15) is 18.0 Å². The van der Waals surface area contributed by atoms with Crippen molar-refractivity contribution in [1.82, 2.24) is 20.9 Å². The maximum absolute atomic E-state index is 12.7. The highest BCUT2D eigenvalue weighted by Crippen LogP contribution is 2.28. The number of ether oxygens (including phenoxy) is 1. The second-order valence-corrected chi connectivity index (χ2v) is 7.15. The van der Waals surface area contributed by atoms with Crippen molar-refractivity contribution < 1.29 is 22.7 Å². The van der Waals surface area contributed by atoms with Gasteiger partial charge in [-0.25, -0.2) is 9.79 Å². The number of fused-ring (bicyclic) bond motifs is 1. The van der Waals surface area contributed by atoms with Gasteiger partial charge in [0.25, 0.3) is 0 Å². The number of para-hydroxylation sites is 1. The summed E-state index contributed by atoms with van der Waals surface area (Å²) < 4.78 is 42.1. The van der Waals surface area contributed by atoms with Gasteiger partial charge in [-0.3, -0.25) is 9.89 Å². The average molecular weight is 410 g/mol. The first-order valence-electron chi connectivity index (χ1n) is 9.36. The standard InChI is InChI=1S/C18H21F3N6O2/c19-18(20,21)29-14-4-2-1-3-12(14)10-27-15-13(25-17(27)28)9-24-16(26-15)23-8-11-5-6-22-7-11/h1-4,9,11,13,15,22H,5-8,10H2,(H,23,26)(H,25,28)/t11-,13?,15?/m0/s1. The van der Waals surface area contributed by atoms with Gasteiger partial charge in [-0.15, -0.1) is 13.2 Å². The van der Waals surface area contributed by atoms with Crippen LogP contribution < -0.4 is 20.7 Å². The van der Waals surface area contributed by atoms with Gasteiger partial charge in [0.15, 0.2) is 0 Å². The molecule has 0 bridgehead atoms. The van der Waals surface area contributed by atoms with E-state index in [1.165, 1.54) is 23.1 Å². The van der Waals surface area contributed by atoms with Gasteiger partial charge >= 0.3 is 12.4 Å². The van der Waals surface area contributed by atoms with Crippen LogP contribution in [0.25, 0.3) is 0 Å². The van der Waals surface area contributed by atoms with Crippen molar-refractivity contribution in [3.05, 3.63) is 29.8 Å². The monoisotopic (exact) mass is 410 g/mol. The molecule has 11 heteroatoms. The number of rotatable bonds is 5. The van der Waals surface area contributed by atoms with Crippen LogP contribution in [0.1, 0.15) is 12.0 Å². The first-order valence-corrected chi connectivity index (χ1v) is 9.36. The smallest absolute Gasteiger partial charge is 0.405 e. The molecule has 29 heavy (non-hydrogen) atoms. The maximum atomic E-state index is 12.7. The normalized spacial score (nSPS) is 27.7. The molecule has 2 amide bonds. The summed E-state index contributed by atoms with van der Waals surface area (Å²) >= 11 is 0. The number of carbonyl (C=O) groups excluding carboxylic acids is 1. The molecule has 2 fully saturated rings. The molecule has 0 aromatic heterocycles. The van der Waals surface area contributed by atoms with E-state index in [1.54, 1.807) is 12.3 Å². The zero-order valence-corrected chi connectivity index (χ0v) is 15.4. The molecule has 3 aliphatic heterocycles. The molecule has 3 heterocycles. The zero-order chi connectivity index (χ0) is 20.4. The minimum Gasteiger partial charge on any atom is -0.405 e. The molecule has 0 aliphatic carbocycles. The van der Waals surface area contributed by atoms with Crippen LogP contribution in [-0.2, 0) is 6.54 Å². The van der Waals surface area contributed by atoms with Gasteiger partial charge in [-0.2, -0.15) is 0 Å². The summed E-state index contributed by atoms with van der Waals surface area (Å²) in [5, 5.41) is 9.15. The van der Waals surface area contributed by atoms with Crippen molar-refractivity contribution in [2.24, 2.45) is 15.9 Å². The Hall–Kier alpha value is -2.82. The fraction of sp³-hybridized carbons (Fsp3) is 0.500. The Balaban J connectivity index is 1.48. The van der Waals surface area contributed by atoms with E-state index in [0.29, 0.717) is 18.4 Å². The second-order valence-electron chi connectivity index (χ2n) is 7.15. The van der Waals surface area contributed by atoms with Crippen molar-refractivity contribution in [2.75, 3.05) is 19.6 Å². The molecule has 1 aromatic rings. The Kier molecular flexibility index (Phi) is 5.31. The number of aliphatic imine (C=N–C) groups is 2. The Morgan fingerprint density at radius 1 is 1.28 bits per heavy atom. The van der Waals surface area contributed by atoms with E-state index in [0.717, 1.165) is 19.5 Å². The Morgan fingerprint density at radius 2 is 2.10 bits per heavy atom. The first kappa shape index (κ1) is 19.5. The van der Waals surface area contributed by atoms with E-state index in [1.807, 2.05) is 0 Å². The molecule has 0 spiro atoms. The van der Waals surface area contributed by atoms with E-state index < -0.39 is 24.6 Å². The lowest BCUT2D eigenvalue weighted by Gasteiger charge is -2.29. The highest BCUT2D eigenvalue weighted by molar-refractivity contribution is 5.96. The van der Waals surface area contributed by atoms with Crippen molar-refractivity contribution in [3.63, 3.8) is 0 Å². The summed E-state index contributed by atoms with van der Waals surface area (Å²) in [6, 6.07) is 4.98. The third-order valence-corrected chi connectivity index (χ3v) is 5.06. The molecule has 3 N–H and O–H groups in total. The third-order valence-electron chi connectivity index (χ3n) is 5.06. The van der Waals surface area contributed by atoms with E-state index >= 15 is 0 Å². The largest absolute Gasteiger partial charge is 0.573 e. The minimum absolute atomic E-state index is 0.0556. The lowest BCUT2D eigenvalue weighted by atomic mass is 10.1. The number of guanidine groups is 1. The van der Waals surface area contributed by atoms with Crippen LogP contribution in [0.5, 0.6) is 5.75 Å². The van der Waals surface area contributed by atoms with Gasteiger partial charge < -0.3 is 20.7 Å². The first-order chi connectivity index (χ1) is 13.9. The maximum Gasteiger partial charge on any atom is 0.573 e. The summed E-state index contributed by atoms with van der Waals surface area (Å²) in [5.41, 5.74) is 0.250. The molecule has 3 atom stereocenters. The van der Waals surface area contributed by atoms with Crippen molar-refractivity contribution in [2.45, 2.75) is 31.5 Å². The number of amides is 2. The van der Waals surface area contributed by atoms with Crippen LogP contribution in [0.15, 0.2) is 34.3 Å². The summed E-state index contributed by atoms with van der Waals surface area (Å²) in [6.07, 6.45) is -2.66. The van der Waals surface area contributed by atoms with Crippen molar-refractivity contribution in [3.8, 4) is 5.75 Å². The third kappa shape index (κ3) is 4.61. The molecule has 2 saturated heterocycles. The number of urea groups is 1. The molecule has 8 nitrogen and oxygen atoms in total. The number of carbonyl (C=O) groups is 1. The van der Waals surface area contributed by atoms with Gasteiger partial charge in [-0.1, -0.05) is 18.2 Å². The lowest BCUT2D eigenvalue weighted by Crippen LogP contribution is -2.53. The molecular formula is C18H21F3N6O2. The van der Waals surface area contributed by atoms with Gasteiger partial charge in [0.2, 0.25) is 5.96 Å². The molecule has 0 radical (unpaired) electrons. The zero-order valence-electron chi connectivity index (χ0n) is 15.4. The SMILES string of the molecule is O=C1NC2C=NC(=NC[C@H]3CCNC3)NC2N1Cc1ccccc1OC(F)(F)F. The van der Waals surface area contributed by atoms with Crippen molar-refractivity contribution in [1.29, 1.82) is 0 Å². The number of hydrogen-bond acceptors (Lipinski definition) is 4.